The molecule has 1 fully saturated rings. The Hall–Kier alpha value is -3.23. The molecule has 0 radical (unpaired) electrons. The normalized spacial score (nSPS) is 18.7. The van der Waals surface area contributed by atoms with Crippen molar-refractivity contribution in [2.24, 2.45) is 0 Å². The number of alkyl halides is 6. The number of nitrogens with one attached hydrogen (secondary N) is 2. The van der Waals surface area contributed by atoms with E-state index in [1.165, 1.54) is 24.3 Å². The molecule has 0 unspecified atom stereocenters. The fourth-order valence-corrected chi connectivity index (χ4v) is 3.89. The molecule has 0 amide bonds. The SMILES string of the molecule is CC.O=c1[nH]nc(CN2CCO[C@H](OCc3cc(C(F)(F)F)cc(C(F)(F)F)c3)[C@@H]2c2ccc(F)cc2)[nH]1. The molecule has 4 rings (SSSR count). The van der Waals surface area contributed by atoms with Gasteiger partial charge in [0.15, 0.2) is 6.29 Å². The number of morpholine rings is 1. The largest absolute Gasteiger partial charge is 0.416 e. The minimum absolute atomic E-state index is 0.0360. The minimum Gasteiger partial charge on any atom is -0.349 e. The first kappa shape index (κ1) is 29.3. The van der Waals surface area contributed by atoms with Gasteiger partial charge >= 0.3 is 18.0 Å². The maximum atomic E-state index is 13.5. The Morgan fingerprint density at radius 3 is 2.16 bits per heavy atom. The molecule has 0 spiro atoms. The minimum atomic E-state index is -4.99. The van der Waals surface area contributed by atoms with Crippen LogP contribution in [0.25, 0.3) is 0 Å². The molecule has 1 saturated heterocycles. The number of aromatic nitrogens is 3. The van der Waals surface area contributed by atoms with Gasteiger partial charge in [-0.2, -0.15) is 31.4 Å². The van der Waals surface area contributed by atoms with E-state index in [0.717, 1.165) is 0 Å². The van der Waals surface area contributed by atoms with Crippen molar-refractivity contribution in [2.45, 2.75) is 51.7 Å². The van der Waals surface area contributed by atoms with Gasteiger partial charge in [-0.3, -0.25) is 9.88 Å². The maximum Gasteiger partial charge on any atom is 0.416 e. The van der Waals surface area contributed by atoms with Gasteiger partial charge in [0.05, 0.1) is 36.9 Å². The molecule has 14 heteroatoms. The summed E-state index contributed by atoms with van der Waals surface area (Å²) in [5, 5.41) is 6.08. The van der Waals surface area contributed by atoms with Crippen LogP contribution in [-0.2, 0) is 35.0 Å². The maximum absolute atomic E-state index is 13.5. The molecule has 2 aromatic carbocycles. The summed E-state index contributed by atoms with van der Waals surface area (Å²) in [7, 11) is 0. The summed E-state index contributed by atoms with van der Waals surface area (Å²) < 4.78 is 104. The molecule has 38 heavy (non-hydrogen) atoms. The zero-order chi connectivity index (χ0) is 28.1. The summed E-state index contributed by atoms with van der Waals surface area (Å²) >= 11 is 0. The highest BCUT2D eigenvalue weighted by Crippen LogP contribution is 2.37. The average molecular weight is 550 g/mol. The van der Waals surface area contributed by atoms with Crippen LogP contribution in [0.15, 0.2) is 47.3 Å². The summed E-state index contributed by atoms with van der Waals surface area (Å²) in [6.45, 7) is 3.90. The predicted octanol–water partition coefficient (Wildman–Crippen LogP) is 5.42. The second-order valence-corrected chi connectivity index (χ2v) is 8.06. The van der Waals surface area contributed by atoms with Crippen molar-refractivity contribution in [3.8, 4) is 0 Å². The van der Waals surface area contributed by atoms with Crippen molar-refractivity contribution in [2.75, 3.05) is 13.2 Å². The standard InChI is InChI=1S/C22H19F7N4O3.C2H6/c23-16-3-1-13(2-4-16)18-19(35-6-5-33(18)10-17-30-20(34)32-31-17)36-11-12-7-14(21(24,25)26)9-15(8-12)22(27,28)29;1-2/h1-4,7-9,18-19H,5-6,10-11H2,(H2,30,31,32,34);1-2H3/t18-,19+;/m0./s1. The van der Waals surface area contributed by atoms with Gasteiger partial charge in [-0.1, -0.05) is 26.0 Å². The monoisotopic (exact) mass is 550 g/mol. The van der Waals surface area contributed by atoms with Gasteiger partial charge in [0.2, 0.25) is 0 Å². The van der Waals surface area contributed by atoms with E-state index in [1.54, 1.807) is 4.90 Å². The Morgan fingerprint density at radius 2 is 1.63 bits per heavy atom. The lowest BCUT2D eigenvalue weighted by molar-refractivity contribution is -0.218. The number of nitrogens with zero attached hydrogens (tertiary/aromatic N) is 2. The summed E-state index contributed by atoms with van der Waals surface area (Å²) in [5.41, 5.74) is -3.29. The van der Waals surface area contributed by atoms with Crippen LogP contribution in [0.3, 0.4) is 0 Å². The van der Waals surface area contributed by atoms with E-state index < -0.39 is 53.9 Å². The lowest BCUT2D eigenvalue weighted by Crippen LogP contribution is -2.46. The molecule has 2 heterocycles. The number of rotatable bonds is 6. The van der Waals surface area contributed by atoms with Crippen LogP contribution in [0.4, 0.5) is 30.7 Å². The van der Waals surface area contributed by atoms with Crippen LogP contribution in [0, 0.1) is 5.82 Å². The molecule has 1 aliphatic heterocycles. The van der Waals surface area contributed by atoms with E-state index in [2.05, 4.69) is 15.2 Å². The lowest BCUT2D eigenvalue weighted by Gasteiger charge is -2.40. The highest BCUT2D eigenvalue weighted by molar-refractivity contribution is 5.33. The molecule has 0 saturated carbocycles. The fraction of sp³-hybridized carbons (Fsp3) is 0.417. The first-order valence-corrected chi connectivity index (χ1v) is 11.5. The summed E-state index contributed by atoms with van der Waals surface area (Å²) in [5.74, 6) is -0.236. The molecule has 208 valence electrons. The van der Waals surface area contributed by atoms with Gasteiger partial charge in [-0.05, 0) is 41.5 Å². The third kappa shape index (κ3) is 7.42. The first-order valence-electron chi connectivity index (χ1n) is 11.5. The van der Waals surface area contributed by atoms with E-state index in [9.17, 15) is 35.5 Å². The van der Waals surface area contributed by atoms with Crippen LogP contribution >= 0.6 is 0 Å². The second kappa shape index (κ2) is 12.1. The van der Waals surface area contributed by atoms with Crippen molar-refractivity contribution in [3.05, 3.63) is 86.8 Å². The third-order valence-electron chi connectivity index (χ3n) is 5.49. The number of halogens is 7. The van der Waals surface area contributed by atoms with E-state index in [0.29, 0.717) is 24.2 Å². The molecule has 0 bridgehead atoms. The summed E-state index contributed by atoms with van der Waals surface area (Å²) in [6, 6.07) is 5.75. The van der Waals surface area contributed by atoms with Gasteiger partial charge < -0.3 is 9.47 Å². The molecule has 2 atom stereocenters. The zero-order valence-corrected chi connectivity index (χ0v) is 20.3. The number of benzene rings is 2. The van der Waals surface area contributed by atoms with Crippen molar-refractivity contribution < 1.29 is 40.2 Å². The topological polar surface area (TPSA) is 83.2 Å². The van der Waals surface area contributed by atoms with Crippen LogP contribution in [0.5, 0.6) is 0 Å². The van der Waals surface area contributed by atoms with E-state index in [-0.39, 0.29) is 30.6 Å². The summed E-state index contributed by atoms with van der Waals surface area (Å²) in [4.78, 5) is 15.7. The lowest BCUT2D eigenvalue weighted by atomic mass is 10.0. The van der Waals surface area contributed by atoms with E-state index in [1.807, 2.05) is 13.8 Å². The Bertz CT molecular complexity index is 1210. The quantitative estimate of drug-likeness (QED) is 0.401. The first-order chi connectivity index (χ1) is 17.9. The Balaban J connectivity index is 0.00000195. The molecule has 3 aromatic rings. The van der Waals surface area contributed by atoms with Crippen LogP contribution in [0.2, 0.25) is 0 Å². The number of ether oxygens (including phenoxy) is 2. The number of hydrogen-bond donors (Lipinski definition) is 2. The summed E-state index contributed by atoms with van der Waals surface area (Å²) in [6.07, 6.45) is -11.1. The van der Waals surface area contributed by atoms with E-state index >= 15 is 0 Å². The van der Waals surface area contributed by atoms with Crippen LogP contribution in [0.1, 0.15) is 48.0 Å². The third-order valence-corrected chi connectivity index (χ3v) is 5.49. The average Bonchev–Trinajstić information content (AvgIpc) is 3.28. The van der Waals surface area contributed by atoms with Gasteiger partial charge in [0.25, 0.3) is 0 Å². The van der Waals surface area contributed by atoms with Crippen LogP contribution < -0.4 is 5.69 Å². The Kier molecular flexibility index (Phi) is 9.33. The van der Waals surface area contributed by atoms with Crippen molar-refractivity contribution >= 4 is 0 Å². The van der Waals surface area contributed by atoms with Crippen molar-refractivity contribution in [1.82, 2.24) is 20.1 Å². The fourth-order valence-electron chi connectivity index (χ4n) is 3.89. The van der Waals surface area contributed by atoms with E-state index in [4.69, 9.17) is 9.47 Å². The molecular weight excluding hydrogens is 525 g/mol. The van der Waals surface area contributed by atoms with Crippen LogP contribution in [-0.4, -0.2) is 39.5 Å². The molecule has 1 aliphatic rings. The molecular formula is C24H25F7N4O3. The highest BCUT2D eigenvalue weighted by Gasteiger charge is 2.38. The molecule has 2 N–H and O–H groups in total. The number of hydrogen-bond acceptors (Lipinski definition) is 5. The van der Waals surface area contributed by atoms with Gasteiger partial charge in [-0.15, -0.1) is 0 Å². The molecule has 7 nitrogen and oxygen atoms in total. The Morgan fingerprint density at radius 1 is 1.03 bits per heavy atom. The highest BCUT2D eigenvalue weighted by atomic mass is 19.4. The zero-order valence-electron chi connectivity index (χ0n) is 20.3. The smallest absolute Gasteiger partial charge is 0.349 e. The predicted molar refractivity (Wildman–Crippen MR) is 121 cm³/mol. The molecule has 1 aromatic heterocycles. The van der Waals surface area contributed by atoms with Crippen molar-refractivity contribution in [1.29, 1.82) is 0 Å². The number of H-pyrrole nitrogens is 2. The van der Waals surface area contributed by atoms with Crippen molar-refractivity contribution in [3.63, 3.8) is 0 Å². The second-order valence-electron chi connectivity index (χ2n) is 8.06. The van der Waals surface area contributed by atoms with Gasteiger partial charge in [0, 0.05) is 6.54 Å². The van der Waals surface area contributed by atoms with Gasteiger partial charge in [-0.25, -0.2) is 14.3 Å². The molecule has 0 aliphatic carbocycles. The Labute approximate surface area is 212 Å². The van der Waals surface area contributed by atoms with Gasteiger partial charge in [0.1, 0.15) is 11.6 Å². The number of aromatic amines is 2.